The lowest BCUT2D eigenvalue weighted by Gasteiger charge is -2.24. The number of ether oxygens (including phenoxy) is 1. The van der Waals surface area contributed by atoms with E-state index >= 15 is 0 Å². The van der Waals surface area contributed by atoms with E-state index in [-0.39, 0.29) is 0 Å². The van der Waals surface area contributed by atoms with Crippen molar-refractivity contribution in [3.63, 3.8) is 0 Å². The molecule has 0 bridgehead atoms. The molecule has 1 aromatic carbocycles. The molecule has 1 aromatic rings. The molecule has 17 heavy (non-hydrogen) atoms. The van der Waals surface area contributed by atoms with Gasteiger partial charge in [0.1, 0.15) is 0 Å². The zero-order valence-corrected chi connectivity index (χ0v) is 10.3. The maximum Gasteiger partial charge on any atom is 0.0622 e. The first kappa shape index (κ1) is 12.6. The predicted molar refractivity (Wildman–Crippen MR) is 69.7 cm³/mol. The molecule has 0 unspecified atom stereocenters. The summed E-state index contributed by atoms with van der Waals surface area (Å²) in [5.41, 5.74) is 6.82. The first-order valence-electron chi connectivity index (χ1n) is 6.46. The van der Waals surface area contributed by atoms with Crippen molar-refractivity contribution in [3.8, 4) is 0 Å². The van der Waals surface area contributed by atoms with Crippen LogP contribution in [0.15, 0.2) is 30.3 Å². The average Bonchev–Trinajstić information content (AvgIpc) is 2.79. The van der Waals surface area contributed by atoms with E-state index in [9.17, 15) is 0 Å². The Morgan fingerprint density at radius 3 is 2.88 bits per heavy atom. The van der Waals surface area contributed by atoms with Gasteiger partial charge < -0.3 is 10.5 Å². The van der Waals surface area contributed by atoms with Gasteiger partial charge in [0.25, 0.3) is 0 Å². The lowest BCUT2D eigenvalue weighted by molar-refractivity contribution is 0.0789. The van der Waals surface area contributed by atoms with Crippen molar-refractivity contribution in [1.82, 2.24) is 4.90 Å². The van der Waals surface area contributed by atoms with E-state index in [0.717, 1.165) is 13.2 Å². The third-order valence-corrected chi connectivity index (χ3v) is 3.30. The van der Waals surface area contributed by atoms with Gasteiger partial charge >= 0.3 is 0 Å². The number of rotatable bonds is 6. The molecule has 0 saturated carbocycles. The van der Waals surface area contributed by atoms with Gasteiger partial charge in [-0.3, -0.25) is 4.90 Å². The van der Waals surface area contributed by atoms with Crippen molar-refractivity contribution >= 4 is 0 Å². The molecule has 3 nitrogen and oxygen atoms in total. The molecule has 1 aliphatic heterocycles. The first-order valence-corrected chi connectivity index (χ1v) is 6.46. The van der Waals surface area contributed by atoms with Crippen LogP contribution in [0.4, 0.5) is 0 Å². The van der Waals surface area contributed by atoms with Crippen molar-refractivity contribution in [2.24, 2.45) is 5.73 Å². The zero-order valence-electron chi connectivity index (χ0n) is 10.3. The predicted octanol–water partition coefficient (Wildman–Crippen LogP) is 1.63. The zero-order chi connectivity index (χ0) is 11.9. The van der Waals surface area contributed by atoms with Gasteiger partial charge in [0.2, 0.25) is 0 Å². The summed E-state index contributed by atoms with van der Waals surface area (Å²) in [6, 6.07) is 11.2. The Hall–Kier alpha value is -0.900. The molecule has 2 N–H and O–H groups in total. The highest BCUT2D eigenvalue weighted by Gasteiger charge is 2.24. The van der Waals surface area contributed by atoms with E-state index in [4.69, 9.17) is 10.5 Å². The van der Waals surface area contributed by atoms with Crippen LogP contribution in [0.2, 0.25) is 0 Å². The molecular weight excluding hydrogens is 212 g/mol. The SMILES string of the molecule is NCCOC[C@H]1CCCN1Cc1ccccc1. The molecule has 0 spiro atoms. The maximum atomic E-state index is 5.57. The smallest absolute Gasteiger partial charge is 0.0622 e. The molecule has 1 saturated heterocycles. The number of benzene rings is 1. The summed E-state index contributed by atoms with van der Waals surface area (Å²) in [5, 5.41) is 0. The van der Waals surface area contributed by atoms with Crippen LogP contribution in [-0.4, -0.2) is 37.2 Å². The third kappa shape index (κ3) is 3.80. The van der Waals surface area contributed by atoms with Gasteiger partial charge in [0.05, 0.1) is 13.2 Å². The largest absolute Gasteiger partial charge is 0.379 e. The second-order valence-corrected chi connectivity index (χ2v) is 4.62. The molecule has 94 valence electrons. The van der Waals surface area contributed by atoms with Crippen LogP contribution in [-0.2, 0) is 11.3 Å². The molecule has 0 aliphatic carbocycles. The standard InChI is InChI=1S/C14H22N2O/c15-8-10-17-12-14-7-4-9-16(14)11-13-5-2-1-3-6-13/h1-3,5-6,14H,4,7-12,15H2/t14-/m1/s1. The Labute approximate surface area is 104 Å². The van der Waals surface area contributed by atoms with E-state index < -0.39 is 0 Å². The van der Waals surface area contributed by atoms with Crippen molar-refractivity contribution in [2.75, 3.05) is 26.3 Å². The van der Waals surface area contributed by atoms with Gasteiger partial charge in [0, 0.05) is 19.1 Å². The Bertz CT molecular complexity index is 315. The van der Waals surface area contributed by atoms with Gasteiger partial charge in [-0.05, 0) is 24.9 Å². The van der Waals surface area contributed by atoms with Gasteiger partial charge in [0.15, 0.2) is 0 Å². The number of nitrogens with zero attached hydrogens (tertiary/aromatic N) is 1. The number of hydrogen-bond donors (Lipinski definition) is 1. The Morgan fingerprint density at radius 2 is 2.12 bits per heavy atom. The summed E-state index contributed by atoms with van der Waals surface area (Å²) in [4.78, 5) is 2.52. The van der Waals surface area contributed by atoms with Crippen molar-refractivity contribution < 1.29 is 4.74 Å². The fraction of sp³-hybridized carbons (Fsp3) is 0.571. The number of hydrogen-bond acceptors (Lipinski definition) is 3. The summed E-state index contributed by atoms with van der Waals surface area (Å²) in [6.07, 6.45) is 2.53. The fourth-order valence-corrected chi connectivity index (χ4v) is 2.41. The molecule has 1 heterocycles. The lowest BCUT2D eigenvalue weighted by Crippen LogP contribution is -2.33. The van der Waals surface area contributed by atoms with Crippen LogP contribution in [0.25, 0.3) is 0 Å². The molecule has 1 aliphatic rings. The summed E-state index contributed by atoms with van der Waals surface area (Å²) in [6.45, 7) is 4.34. The molecule has 0 aromatic heterocycles. The summed E-state index contributed by atoms with van der Waals surface area (Å²) >= 11 is 0. The Kier molecular flexibility index (Phi) is 4.98. The van der Waals surface area contributed by atoms with Crippen LogP contribution >= 0.6 is 0 Å². The van der Waals surface area contributed by atoms with Gasteiger partial charge in [-0.1, -0.05) is 30.3 Å². The maximum absolute atomic E-state index is 5.57. The minimum atomic E-state index is 0.571. The second-order valence-electron chi connectivity index (χ2n) is 4.62. The monoisotopic (exact) mass is 234 g/mol. The highest BCUT2D eigenvalue weighted by molar-refractivity contribution is 5.14. The van der Waals surface area contributed by atoms with E-state index in [2.05, 4.69) is 35.2 Å². The molecule has 1 atom stereocenters. The first-order chi connectivity index (χ1) is 8.40. The quantitative estimate of drug-likeness (QED) is 0.760. The normalized spacial score (nSPS) is 20.9. The Balaban J connectivity index is 1.82. The van der Waals surface area contributed by atoms with Gasteiger partial charge in [-0.2, -0.15) is 0 Å². The summed E-state index contributed by atoms with van der Waals surface area (Å²) < 4.78 is 5.57. The molecular formula is C14H22N2O. The van der Waals surface area contributed by atoms with E-state index in [1.807, 2.05) is 0 Å². The van der Waals surface area contributed by atoms with E-state index in [1.165, 1.54) is 24.9 Å². The van der Waals surface area contributed by atoms with Crippen LogP contribution in [0.5, 0.6) is 0 Å². The van der Waals surface area contributed by atoms with Crippen molar-refractivity contribution in [1.29, 1.82) is 0 Å². The van der Waals surface area contributed by atoms with Gasteiger partial charge in [-0.25, -0.2) is 0 Å². The Morgan fingerprint density at radius 1 is 1.29 bits per heavy atom. The van der Waals surface area contributed by atoms with Crippen molar-refractivity contribution in [2.45, 2.75) is 25.4 Å². The minimum Gasteiger partial charge on any atom is -0.379 e. The molecule has 2 rings (SSSR count). The lowest BCUT2D eigenvalue weighted by atomic mass is 10.2. The molecule has 0 amide bonds. The third-order valence-electron chi connectivity index (χ3n) is 3.30. The summed E-state index contributed by atoms with van der Waals surface area (Å²) in [5.74, 6) is 0. The van der Waals surface area contributed by atoms with Crippen LogP contribution in [0.3, 0.4) is 0 Å². The van der Waals surface area contributed by atoms with Gasteiger partial charge in [-0.15, -0.1) is 0 Å². The molecule has 3 heteroatoms. The van der Waals surface area contributed by atoms with Crippen LogP contribution in [0, 0.1) is 0 Å². The second kappa shape index (κ2) is 6.74. The number of nitrogens with two attached hydrogens (primary N) is 1. The van der Waals surface area contributed by atoms with E-state index in [0.29, 0.717) is 19.2 Å². The highest BCUT2D eigenvalue weighted by Crippen LogP contribution is 2.20. The molecule has 0 radical (unpaired) electrons. The minimum absolute atomic E-state index is 0.571. The fourth-order valence-electron chi connectivity index (χ4n) is 2.41. The highest BCUT2D eigenvalue weighted by atomic mass is 16.5. The van der Waals surface area contributed by atoms with Crippen molar-refractivity contribution in [3.05, 3.63) is 35.9 Å². The topological polar surface area (TPSA) is 38.5 Å². The van der Waals surface area contributed by atoms with E-state index in [1.54, 1.807) is 0 Å². The molecule has 1 fully saturated rings. The van der Waals surface area contributed by atoms with Crippen LogP contribution < -0.4 is 5.73 Å². The summed E-state index contributed by atoms with van der Waals surface area (Å²) in [7, 11) is 0. The number of likely N-dealkylation sites (tertiary alicyclic amines) is 1. The average molecular weight is 234 g/mol. The van der Waals surface area contributed by atoms with Crippen LogP contribution in [0.1, 0.15) is 18.4 Å².